The lowest BCUT2D eigenvalue weighted by Gasteiger charge is -2.02. The number of sulfonamides is 1. The van der Waals surface area contributed by atoms with Gasteiger partial charge in [0.15, 0.2) is 5.03 Å². The van der Waals surface area contributed by atoms with Gasteiger partial charge in [0.2, 0.25) is 0 Å². The molecule has 17 heavy (non-hydrogen) atoms. The van der Waals surface area contributed by atoms with Gasteiger partial charge in [-0.05, 0) is 18.4 Å². The Balaban J connectivity index is 2.38. The molecule has 94 valence electrons. The number of rotatable bonds is 7. The highest BCUT2D eigenvalue weighted by Gasteiger charge is 2.15. The molecule has 0 spiro atoms. The number of hydrogen-bond donors (Lipinski definition) is 1. The van der Waals surface area contributed by atoms with Gasteiger partial charge in [0, 0.05) is 31.2 Å². The van der Waals surface area contributed by atoms with Gasteiger partial charge < -0.3 is 4.57 Å². The van der Waals surface area contributed by atoms with Gasteiger partial charge in [-0.25, -0.2) is 18.1 Å². The number of nitrogens with zero attached hydrogens (tertiary/aromatic N) is 5. The van der Waals surface area contributed by atoms with E-state index in [1.807, 2.05) is 0 Å². The van der Waals surface area contributed by atoms with E-state index in [1.54, 1.807) is 11.6 Å². The van der Waals surface area contributed by atoms with Gasteiger partial charge in [0.25, 0.3) is 10.0 Å². The number of azide groups is 1. The monoisotopic (exact) mass is 258 g/mol. The molecule has 1 aromatic rings. The number of imidazole rings is 1. The summed E-state index contributed by atoms with van der Waals surface area (Å²) in [5, 5.41) is 3.36. The molecular weight excluding hydrogens is 244 g/mol. The predicted molar refractivity (Wildman–Crippen MR) is 61.6 cm³/mol. The number of aryl methyl sites for hydroxylation is 1. The number of unbranched alkanes of at least 4 members (excludes halogenated alkanes) is 1. The Hall–Kier alpha value is -1.57. The summed E-state index contributed by atoms with van der Waals surface area (Å²) in [5.41, 5.74) is 8.04. The average Bonchev–Trinajstić information content (AvgIpc) is 2.71. The van der Waals surface area contributed by atoms with Crippen LogP contribution in [-0.4, -0.2) is 31.1 Å². The summed E-state index contributed by atoms with van der Waals surface area (Å²) < 4.78 is 27.3. The highest BCUT2D eigenvalue weighted by atomic mass is 32.2. The van der Waals surface area contributed by atoms with Crippen molar-refractivity contribution < 1.29 is 8.42 Å². The van der Waals surface area contributed by atoms with Crippen LogP contribution in [0.3, 0.4) is 0 Å². The van der Waals surface area contributed by atoms with Crippen molar-refractivity contribution in [3.05, 3.63) is 23.0 Å². The first kappa shape index (κ1) is 13.5. The number of nitrogens with one attached hydrogen (secondary N) is 1. The van der Waals surface area contributed by atoms with Gasteiger partial charge in [-0.2, -0.15) is 0 Å². The summed E-state index contributed by atoms with van der Waals surface area (Å²) in [4.78, 5) is 6.37. The SMILES string of the molecule is Cn1cnc(S(=O)(=O)NCCCCN=[N+]=[N-])c1. The van der Waals surface area contributed by atoms with Crippen LogP contribution in [0.5, 0.6) is 0 Å². The maximum Gasteiger partial charge on any atom is 0.259 e. The fraction of sp³-hybridized carbons (Fsp3) is 0.625. The summed E-state index contributed by atoms with van der Waals surface area (Å²) >= 11 is 0. The van der Waals surface area contributed by atoms with Crippen molar-refractivity contribution in [1.29, 1.82) is 0 Å². The van der Waals surface area contributed by atoms with Crippen LogP contribution in [0.4, 0.5) is 0 Å². The standard InChI is InChI=1S/C8H14N6O2S/c1-14-6-8(10-7-14)17(15,16)12-5-3-2-4-11-13-9/h6-7,12H,2-5H2,1H3. The Morgan fingerprint density at radius 3 is 2.94 bits per heavy atom. The first-order valence-corrected chi connectivity index (χ1v) is 6.53. The summed E-state index contributed by atoms with van der Waals surface area (Å²) in [7, 11) is -1.82. The van der Waals surface area contributed by atoms with E-state index in [1.165, 1.54) is 12.5 Å². The van der Waals surface area contributed by atoms with E-state index in [0.29, 0.717) is 25.9 Å². The average molecular weight is 258 g/mol. The second-order valence-electron chi connectivity index (χ2n) is 3.44. The first-order valence-electron chi connectivity index (χ1n) is 5.05. The van der Waals surface area contributed by atoms with Gasteiger partial charge in [-0.3, -0.25) is 0 Å². The molecule has 0 fully saturated rings. The zero-order valence-electron chi connectivity index (χ0n) is 9.44. The Labute approximate surface area is 99.3 Å². The molecule has 9 heteroatoms. The lowest BCUT2D eigenvalue weighted by atomic mass is 10.3. The molecule has 0 radical (unpaired) electrons. The zero-order valence-corrected chi connectivity index (χ0v) is 10.3. The van der Waals surface area contributed by atoms with Crippen molar-refractivity contribution in [2.75, 3.05) is 13.1 Å². The molecule has 0 saturated carbocycles. The van der Waals surface area contributed by atoms with Crippen LogP contribution in [0.15, 0.2) is 22.7 Å². The minimum atomic E-state index is -3.52. The lowest BCUT2D eigenvalue weighted by Crippen LogP contribution is -2.25. The smallest absolute Gasteiger partial charge is 0.259 e. The molecule has 0 aliphatic rings. The molecule has 1 heterocycles. The third kappa shape index (κ3) is 4.43. The largest absolute Gasteiger partial charge is 0.339 e. The summed E-state index contributed by atoms with van der Waals surface area (Å²) in [6.07, 6.45) is 4.12. The molecule has 8 nitrogen and oxygen atoms in total. The van der Waals surface area contributed by atoms with Crippen molar-refractivity contribution >= 4 is 10.0 Å². The van der Waals surface area contributed by atoms with Gasteiger partial charge >= 0.3 is 0 Å². The maximum absolute atomic E-state index is 11.7. The fourth-order valence-electron chi connectivity index (χ4n) is 1.16. The van der Waals surface area contributed by atoms with E-state index in [0.717, 1.165) is 0 Å². The van der Waals surface area contributed by atoms with Gasteiger partial charge in [0.05, 0.1) is 6.33 Å². The van der Waals surface area contributed by atoms with Gasteiger partial charge in [-0.1, -0.05) is 5.11 Å². The second kappa shape index (κ2) is 6.24. The van der Waals surface area contributed by atoms with E-state index < -0.39 is 10.0 Å². The van der Waals surface area contributed by atoms with Crippen molar-refractivity contribution in [1.82, 2.24) is 14.3 Å². The molecule has 1 aromatic heterocycles. The van der Waals surface area contributed by atoms with Crippen molar-refractivity contribution in [2.45, 2.75) is 17.9 Å². The molecule has 1 N–H and O–H groups in total. The third-order valence-corrected chi connectivity index (χ3v) is 3.34. The van der Waals surface area contributed by atoms with E-state index in [2.05, 4.69) is 19.7 Å². The predicted octanol–water partition coefficient (Wildman–Crippen LogP) is 0.789. The van der Waals surface area contributed by atoms with Crippen LogP contribution in [0, 0.1) is 0 Å². The molecular formula is C8H14N6O2S. The fourth-order valence-corrected chi connectivity index (χ4v) is 2.21. The second-order valence-corrected chi connectivity index (χ2v) is 5.15. The van der Waals surface area contributed by atoms with Crippen LogP contribution >= 0.6 is 0 Å². The number of hydrogen-bond acceptors (Lipinski definition) is 4. The van der Waals surface area contributed by atoms with Crippen LogP contribution in [0.2, 0.25) is 0 Å². The Bertz CT molecular complexity index is 502. The zero-order chi connectivity index (χ0) is 12.7. The molecule has 0 aliphatic heterocycles. The van der Waals surface area contributed by atoms with Crippen molar-refractivity contribution in [3.63, 3.8) is 0 Å². The minimum absolute atomic E-state index is 0.00930. The Kier molecular flexibility index (Phi) is 4.95. The Morgan fingerprint density at radius 1 is 1.59 bits per heavy atom. The molecule has 0 amide bonds. The van der Waals surface area contributed by atoms with E-state index >= 15 is 0 Å². The van der Waals surface area contributed by atoms with E-state index in [9.17, 15) is 8.42 Å². The van der Waals surface area contributed by atoms with Crippen LogP contribution in [0.1, 0.15) is 12.8 Å². The molecule has 0 aliphatic carbocycles. The highest BCUT2D eigenvalue weighted by Crippen LogP contribution is 2.03. The summed E-state index contributed by atoms with van der Waals surface area (Å²) in [6.45, 7) is 0.682. The number of aromatic nitrogens is 2. The lowest BCUT2D eigenvalue weighted by molar-refractivity contribution is 0.574. The molecule has 0 bridgehead atoms. The van der Waals surface area contributed by atoms with Crippen LogP contribution < -0.4 is 4.72 Å². The van der Waals surface area contributed by atoms with E-state index in [-0.39, 0.29) is 5.03 Å². The summed E-state index contributed by atoms with van der Waals surface area (Å²) in [5.74, 6) is 0. The molecule has 0 atom stereocenters. The summed E-state index contributed by atoms with van der Waals surface area (Å²) in [6, 6.07) is 0. The van der Waals surface area contributed by atoms with Gasteiger partial charge in [0.1, 0.15) is 0 Å². The van der Waals surface area contributed by atoms with Crippen LogP contribution in [0.25, 0.3) is 10.4 Å². The Morgan fingerprint density at radius 2 is 2.35 bits per heavy atom. The normalized spacial score (nSPS) is 11.1. The van der Waals surface area contributed by atoms with Crippen molar-refractivity contribution in [3.8, 4) is 0 Å². The first-order chi connectivity index (χ1) is 8.06. The quantitative estimate of drug-likeness (QED) is 0.337. The molecule has 0 saturated heterocycles. The molecule has 0 unspecified atom stereocenters. The third-order valence-electron chi connectivity index (χ3n) is 2.00. The van der Waals surface area contributed by atoms with Crippen molar-refractivity contribution in [2.24, 2.45) is 12.2 Å². The topological polar surface area (TPSA) is 113 Å². The molecule has 0 aromatic carbocycles. The minimum Gasteiger partial charge on any atom is -0.339 e. The maximum atomic E-state index is 11.7. The highest BCUT2D eigenvalue weighted by molar-refractivity contribution is 7.89. The van der Waals surface area contributed by atoms with Crippen LogP contribution in [-0.2, 0) is 17.1 Å². The molecule has 1 rings (SSSR count). The van der Waals surface area contributed by atoms with Gasteiger partial charge in [-0.15, -0.1) is 0 Å². The van der Waals surface area contributed by atoms with E-state index in [4.69, 9.17) is 5.53 Å².